The molecule has 11 heteroatoms. The number of imidazole rings is 1. The number of carbonyl (C=O) groups is 1. The van der Waals surface area contributed by atoms with Gasteiger partial charge in [0.25, 0.3) is 0 Å². The molecule has 30 heavy (non-hydrogen) atoms. The fourth-order valence-corrected chi connectivity index (χ4v) is 3.46. The minimum atomic E-state index is -0.273. The van der Waals surface area contributed by atoms with Crippen LogP contribution in [0, 0.1) is 6.92 Å². The van der Waals surface area contributed by atoms with Crippen molar-refractivity contribution in [2.45, 2.75) is 59.2 Å². The van der Waals surface area contributed by atoms with Crippen LogP contribution in [0.3, 0.4) is 0 Å². The lowest BCUT2D eigenvalue weighted by atomic mass is 10.1. The van der Waals surface area contributed by atoms with E-state index in [9.17, 15) is 4.79 Å². The zero-order valence-corrected chi connectivity index (χ0v) is 17.8. The van der Waals surface area contributed by atoms with E-state index in [2.05, 4.69) is 46.3 Å². The van der Waals surface area contributed by atoms with Crippen molar-refractivity contribution in [1.29, 1.82) is 0 Å². The molecule has 1 atom stereocenters. The average molecular weight is 414 g/mol. The molecule has 11 nitrogen and oxygen atoms in total. The maximum absolute atomic E-state index is 11.3. The van der Waals surface area contributed by atoms with E-state index in [4.69, 9.17) is 19.3 Å². The Labute approximate surface area is 173 Å². The van der Waals surface area contributed by atoms with Crippen molar-refractivity contribution in [3.05, 3.63) is 17.7 Å². The number of esters is 1. The topological polar surface area (TPSA) is 124 Å². The zero-order chi connectivity index (χ0) is 21.5. The standard InChI is InChI=1S/C19H26N8O3/c1-11-14(25-30-24-11)9-27-10-20-15-16(26-7-6-13(8-26)29-12(2)28)21-18(22-17(15)27)23-19(3,4)5/h10,13H,6-9H2,1-5H3,(H,21,22,23). The van der Waals surface area contributed by atoms with Gasteiger partial charge in [0.15, 0.2) is 17.0 Å². The van der Waals surface area contributed by atoms with Crippen LogP contribution in [0.2, 0.25) is 0 Å². The summed E-state index contributed by atoms with van der Waals surface area (Å²) in [6.07, 6.45) is 2.31. The molecule has 0 aliphatic carbocycles. The molecule has 0 bridgehead atoms. The molecule has 3 aromatic heterocycles. The molecule has 1 saturated heterocycles. The predicted molar refractivity (Wildman–Crippen MR) is 109 cm³/mol. The van der Waals surface area contributed by atoms with Crippen LogP contribution in [0.4, 0.5) is 11.8 Å². The number of hydrogen-bond acceptors (Lipinski definition) is 10. The van der Waals surface area contributed by atoms with E-state index in [0.717, 1.165) is 30.2 Å². The summed E-state index contributed by atoms with van der Waals surface area (Å²) in [6, 6.07) is 0. The van der Waals surface area contributed by atoms with Gasteiger partial charge in [0.05, 0.1) is 19.4 Å². The first-order valence-electron chi connectivity index (χ1n) is 9.91. The van der Waals surface area contributed by atoms with Gasteiger partial charge in [-0.25, -0.2) is 9.61 Å². The van der Waals surface area contributed by atoms with Crippen molar-refractivity contribution < 1.29 is 14.2 Å². The van der Waals surface area contributed by atoms with Crippen LogP contribution in [-0.2, 0) is 16.1 Å². The summed E-state index contributed by atoms with van der Waals surface area (Å²) in [7, 11) is 0. The molecule has 0 saturated carbocycles. The van der Waals surface area contributed by atoms with Gasteiger partial charge in [-0.05, 0) is 27.7 Å². The van der Waals surface area contributed by atoms with Gasteiger partial charge in [-0.1, -0.05) is 10.3 Å². The van der Waals surface area contributed by atoms with Gasteiger partial charge in [0.2, 0.25) is 5.95 Å². The van der Waals surface area contributed by atoms with Gasteiger partial charge < -0.3 is 19.5 Å². The summed E-state index contributed by atoms with van der Waals surface area (Å²) in [6.45, 7) is 11.2. The van der Waals surface area contributed by atoms with Gasteiger partial charge in [-0.3, -0.25) is 4.79 Å². The van der Waals surface area contributed by atoms with Crippen LogP contribution < -0.4 is 10.2 Å². The fraction of sp³-hybridized carbons (Fsp3) is 0.579. The maximum atomic E-state index is 11.3. The molecule has 0 radical (unpaired) electrons. The summed E-state index contributed by atoms with van der Waals surface area (Å²) < 4.78 is 12.1. The van der Waals surface area contributed by atoms with Crippen molar-refractivity contribution in [1.82, 2.24) is 29.8 Å². The third kappa shape index (κ3) is 4.19. The highest BCUT2D eigenvalue weighted by Crippen LogP contribution is 2.29. The van der Waals surface area contributed by atoms with E-state index in [1.54, 1.807) is 6.33 Å². The Morgan fingerprint density at radius 3 is 2.80 bits per heavy atom. The Balaban J connectivity index is 1.73. The van der Waals surface area contributed by atoms with Crippen molar-refractivity contribution in [2.75, 3.05) is 23.3 Å². The Hall–Kier alpha value is -3.24. The number of fused-ring (bicyclic) bond motifs is 1. The molecule has 1 aliphatic heterocycles. The fourth-order valence-electron chi connectivity index (χ4n) is 3.46. The average Bonchev–Trinajstić information content (AvgIpc) is 3.35. The summed E-state index contributed by atoms with van der Waals surface area (Å²) in [5, 5.41) is 11.2. The molecular weight excluding hydrogens is 388 g/mol. The Morgan fingerprint density at radius 1 is 1.33 bits per heavy atom. The van der Waals surface area contributed by atoms with E-state index in [1.165, 1.54) is 6.92 Å². The monoisotopic (exact) mass is 414 g/mol. The Bertz CT molecular complexity index is 1070. The summed E-state index contributed by atoms with van der Waals surface area (Å²) in [5.74, 6) is 0.957. The van der Waals surface area contributed by atoms with Gasteiger partial charge in [-0.15, -0.1) is 0 Å². The maximum Gasteiger partial charge on any atom is 0.302 e. The first-order valence-corrected chi connectivity index (χ1v) is 9.91. The first kappa shape index (κ1) is 20.0. The van der Waals surface area contributed by atoms with Crippen LogP contribution in [0.5, 0.6) is 0 Å². The summed E-state index contributed by atoms with van der Waals surface area (Å²) in [4.78, 5) is 27.5. The highest BCUT2D eigenvalue weighted by atomic mass is 16.6. The number of nitrogens with zero attached hydrogens (tertiary/aromatic N) is 7. The zero-order valence-electron chi connectivity index (χ0n) is 17.8. The van der Waals surface area contributed by atoms with Gasteiger partial charge in [0.1, 0.15) is 17.5 Å². The van der Waals surface area contributed by atoms with E-state index in [-0.39, 0.29) is 17.6 Å². The number of ether oxygens (including phenoxy) is 1. The van der Waals surface area contributed by atoms with Crippen LogP contribution in [-0.4, -0.2) is 60.5 Å². The first-order chi connectivity index (χ1) is 14.2. The lowest BCUT2D eigenvalue weighted by Crippen LogP contribution is -2.29. The molecule has 1 fully saturated rings. The number of anilines is 2. The number of aryl methyl sites for hydroxylation is 1. The second kappa shape index (κ2) is 7.54. The number of aromatic nitrogens is 6. The minimum Gasteiger partial charge on any atom is -0.461 e. The lowest BCUT2D eigenvalue weighted by Gasteiger charge is -2.23. The number of rotatable bonds is 5. The van der Waals surface area contributed by atoms with E-state index in [0.29, 0.717) is 30.2 Å². The highest BCUT2D eigenvalue weighted by Gasteiger charge is 2.29. The number of hydrogen-bond donors (Lipinski definition) is 1. The van der Waals surface area contributed by atoms with E-state index in [1.807, 2.05) is 11.5 Å². The SMILES string of the molecule is CC(=O)OC1CCN(c2nc(NC(C)(C)C)nc3c2ncn3Cc2nonc2C)C1. The molecule has 3 aromatic rings. The van der Waals surface area contributed by atoms with Crippen LogP contribution in [0.1, 0.15) is 45.5 Å². The highest BCUT2D eigenvalue weighted by molar-refractivity contribution is 5.85. The van der Waals surface area contributed by atoms with E-state index < -0.39 is 0 Å². The normalized spacial score (nSPS) is 17.0. The molecule has 1 unspecified atom stereocenters. The lowest BCUT2D eigenvalue weighted by molar-refractivity contribution is -0.145. The molecule has 0 aromatic carbocycles. The van der Waals surface area contributed by atoms with Crippen molar-refractivity contribution in [3.63, 3.8) is 0 Å². The molecule has 1 aliphatic rings. The molecular formula is C19H26N8O3. The molecule has 1 N–H and O–H groups in total. The molecule has 0 amide bonds. The van der Waals surface area contributed by atoms with Gasteiger partial charge in [0, 0.05) is 25.4 Å². The predicted octanol–water partition coefficient (Wildman–Crippen LogP) is 1.92. The third-order valence-electron chi connectivity index (χ3n) is 4.78. The summed E-state index contributed by atoms with van der Waals surface area (Å²) >= 11 is 0. The second-order valence-corrected chi connectivity index (χ2v) is 8.55. The van der Waals surface area contributed by atoms with Gasteiger partial charge in [-0.2, -0.15) is 9.97 Å². The van der Waals surface area contributed by atoms with Crippen molar-refractivity contribution >= 4 is 28.9 Å². The van der Waals surface area contributed by atoms with E-state index >= 15 is 0 Å². The van der Waals surface area contributed by atoms with Crippen LogP contribution >= 0.6 is 0 Å². The number of carbonyl (C=O) groups excluding carboxylic acids is 1. The molecule has 4 rings (SSSR count). The number of nitrogens with one attached hydrogen (secondary N) is 1. The minimum absolute atomic E-state index is 0.155. The Kier molecular flexibility index (Phi) is 5.04. The smallest absolute Gasteiger partial charge is 0.302 e. The van der Waals surface area contributed by atoms with Crippen molar-refractivity contribution in [2.24, 2.45) is 0 Å². The van der Waals surface area contributed by atoms with Gasteiger partial charge >= 0.3 is 5.97 Å². The molecule has 0 spiro atoms. The Morgan fingerprint density at radius 2 is 2.13 bits per heavy atom. The van der Waals surface area contributed by atoms with Crippen molar-refractivity contribution in [3.8, 4) is 0 Å². The third-order valence-corrected chi connectivity index (χ3v) is 4.78. The van der Waals surface area contributed by atoms with Crippen LogP contribution in [0.15, 0.2) is 11.0 Å². The molecule has 4 heterocycles. The second-order valence-electron chi connectivity index (χ2n) is 8.55. The summed E-state index contributed by atoms with van der Waals surface area (Å²) in [5.41, 5.74) is 2.60. The quantitative estimate of drug-likeness (QED) is 0.619. The molecule has 160 valence electrons. The van der Waals surface area contributed by atoms with Crippen LogP contribution in [0.25, 0.3) is 11.2 Å². The largest absolute Gasteiger partial charge is 0.461 e.